The summed E-state index contributed by atoms with van der Waals surface area (Å²) in [5.74, 6) is -1.50. The zero-order valence-electron chi connectivity index (χ0n) is 11.1. The molecule has 106 valence electrons. The van der Waals surface area contributed by atoms with Gasteiger partial charge in [-0.3, -0.25) is 0 Å². The Kier molecular flexibility index (Phi) is 4.63. The predicted molar refractivity (Wildman–Crippen MR) is 71.3 cm³/mol. The lowest BCUT2D eigenvalue weighted by atomic mass is 10.1. The number of ether oxygens (including phenoxy) is 1. The molecule has 3 nitrogen and oxygen atoms in total. The van der Waals surface area contributed by atoms with Gasteiger partial charge in [0.15, 0.2) is 11.6 Å². The molecule has 0 amide bonds. The molecule has 1 N–H and O–H groups in total. The van der Waals surface area contributed by atoms with Gasteiger partial charge in [0.2, 0.25) is 5.88 Å². The molecule has 1 heterocycles. The van der Waals surface area contributed by atoms with Crippen LogP contribution in [-0.4, -0.2) is 16.7 Å². The molecule has 0 saturated carbocycles. The highest BCUT2D eigenvalue weighted by Gasteiger charge is 2.12. The van der Waals surface area contributed by atoms with Crippen molar-refractivity contribution in [2.24, 2.45) is 0 Å². The van der Waals surface area contributed by atoms with Gasteiger partial charge in [0.1, 0.15) is 0 Å². The molecule has 0 aliphatic heterocycles. The van der Waals surface area contributed by atoms with Crippen molar-refractivity contribution < 1.29 is 18.6 Å². The molecule has 0 bridgehead atoms. The number of hydrogen-bond donors (Lipinski definition) is 1. The van der Waals surface area contributed by atoms with Crippen molar-refractivity contribution >= 4 is 0 Å². The van der Waals surface area contributed by atoms with E-state index in [-0.39, 0.29) is 6.61 Å². The maximum atomic E-state index is 13.3. The third kappa shape index (κ3) is 3.11. The van der Waals surface area contributed by atoms with Crippen LogP contribution in [0.25, 0.3) is 11.1 Å². The molecule has 5 heteroatoms. The first-order chi connectivity index (χ1) is 9.65. The average Bonchev–Trinajstić information content (AvgIpc) is 2.48. The SMILES string of the molecule is CCCOc1ncc(CO)cc1-c1ccc(F)c(F)c1. The second-order valence-electron chi connectivity index (χ2n) is 4.33. The summed E-state index contributed by atoms with van der Waals surface area (Å²) in [6.45, 7) is 2.25. The van der Waals surface area contributed by atoms with E-state index in [9.17, 15) is 8.78 Å². The van der Waals surface area contributed by atoms with E-state index in [2.05, 4.69) is 4.98 Å². The molecule has 2 aromatic rings. The fourth-order valence-corrected chi connectivity index (χ4v) is 1.77. The monoisotopic (exact) mass is 279 g/mol. The standard InChI is InChI=1S/C15H15F2NO2/c1-2-5-20-15-12(6-10(9-19)8-18-15)11-3-4-13(16)14(17)7-11/h3-4,6-8,19H,2,5,9H2,1H3. The summed E-state index contributed by atoms with van der Waals surface area (Å²) >= 11 is 0. The topological polar surface area (TPSA) is 42.4 Å². The van der Waals surface area contributed by atoms with Gasteiger partial charge in [0.05, 0.1) is 13.2 Å². The fourth-order valence-electron chi connectivity index (χ4n) is 1.77. The van der Waals surface area contributed by atoms with E-state index in [1.807, 2.05) is 6.92 Å². The minimum absolute atomic E-state index is 0.183. The summed E-state index contributed by atoms with van der Waals surface area (Å²) in [5.41, 5.74) is 1.57. The highest BCUT2D eigenvalue weighted by molar-refractivity contribution is 5.69. The van der Waals surface area contributed by atoms with Crippen molar-refractivity contribution in [1.29, 1.82) is 0 Å². The van der Waals surface area contributed by atoms with E-state index in [1.165, 1.54) is 12.3 Å². The minimum atomic E-state index is -0.932. The van der Waals surface area contributed by atoms with Crippen LogP contribution in [0.15, 0.2) is 30.5 Å². The van der Waals surface area contributed by atoms with Crippen molar-refractivity contribution in [3.05, 3.63) is 47.7 Å². The molecule has 2 rings (SSSR count). The molecule has 1 aromatic carbocycles. The molecule has 1 aromatic heterocycles. The second kappa shape index (κ2) is 6.43. The largest absolute Gasteiger partial charge is 0.477 e. The van der Waals surface area contributed by atoms with Crippen LogP contribution in [0.3, 0.4) is 0 Å². The van der Waals surface area contributed by atoms with Crippen LogP contribution in [0.2, 0.25) is 0 Å². The average molecular weight is 279 g/mol. The summed E-state index contributed by atoms with van der Waals surface area (Å²) in [6.07, 6.45) is 2.30. The number of nitrogens with zero attached hydrogens (tertiary/aromatic N) is 1. The Bertz CT molecular complexity index is 602. The maximum absolute atomic E-state index is 13.3. The van der Waals surface area contributed by atoms with E-state index < -0.39 is 11.6 Å². The van der Waals surface area contributed by atoms with E-state index in [4.69, 9.17) is 9.84 Å². The highest BCUT2D eigenvalue weighted by atomic mass is 19.2. The molecule has 0 aliphatic rings. The van der Waals surface area contributed by atoms with Crippen LogP contribution in [0, 0.1) is 11.6 Å². The number of halogens is 2. The molecular formula is C15H15F2NO2. The Morgan fingerprint density at radius 2 is 2.00 bits per heavy atom. The van der Waals surface area contributed by atoms with Crippen LogP contribution < -0.4 is 4.74 Å². The van der Waals surface area contributed by atoms with Crippen molar-refractivity contribution in [2.45, 2.75) is 20.0 Å². The Morgan fingerprint density at radius 1 is 1.20 bits per heavy atom. The van der Waals surface area contributed by atoms with Crippen LogP contribution in [0.1, 0.15) is 18.9 Å². The predicted octanol–water partition coefficient (Wildman–Crippen LogP) is 3.31. The van der Waals surface area contributed by atoms with Gasteiger partial charge in [-0.25, -0.2) is 13.8 Å². The Morgan fingerprint density at radius 3 is 2.65 bits per heavy atom. The maximum Gasteiger partial charge on any atom is 0.221 e. The normalized spacial score (nSPS) is 10.6. The van der Waals surface area contributed by atoms with Gasteiger partial charge in [0.25, 0.3) is 0 Å². The molecule has 0 spiro atoms. The Balaban J connectivity index is 2.47. The number of rotatable bonds is 5. The van der Waals surface area contributed by atoms with Gasteiger partial charge in [0, 0.05) is 11.8 Å². The van der Waals surface area contributed by atoms with Crippen LogP contribution in [-0.2, 0) is 6.61 Å². The lowest BCUT2D eigenvalue weighted by Crippen LogP contribution is -2.01. The summed E-state index contributed by atoms with van der Waals surface area (Å²) in [6, 6.07) is 5.26. The van der Waals surface area contributed by atoms with Gasteiger partial charge in [-0.05, 0) is 35.7 Å². The number of pyridine rings is 1. The van der Waals surface area contributed by atoms with Gasteiger partial charge in [-0.15, -0.1) is 0 Å². The molecule has 0 atom stereocenters. The number of aliphatic hydroxyl groups excluding tert-OH is 1. The molecule has 0 unspecified atom stereocenters. The Hall–Kier alpha value is -2.01. The number of hydrogen-bond acceptors (Lipinski definition) is 3. The fraction of sp³-hybridized carbons (Fsp3) is 0.267. The number of benzene rings is 1. The minimum Gasteiger partial charge on any atom is -0.477 e. The van der Waals surface area contributed by atoms with Crippen LogP contribution in [0.4, 0.5) is 8.78 Å². The smallest absolute Gasteiger partial charge is 0.221 e. The van der Waals surface area contributed by atoms with E-state index in [0.717, 1.165) is 18.6 Å². The third-order valence-electron chi connectivity index (χ3n) is 2.76. The summed E-state index contributed by atoms with van der Waals surface area (Å²) < 4.78 is 31.8. The summed E-state index contributed by atoms with van der Waals surface area (Å²) in [7, 11) is 0. The summed E-state index contributed by atoms with van der Waals surface area (Å²) in [5, 5.41) is 9.16. The van der Waals surface area contributed by atoms with Crippen LogP contribution in [0.5, 0.6) is 5.88 Å². The van der Waals surface area contributed by atoms with Gasteiger partial charge < -0.3 is 9.84 Å². The first kappa shape index (κ1) is 14.4. The zero-order valence-corrected chi connectivity index (χ0v) is 11.1. The molecule has 0 aliphatic carbocycles. The molecular weight excluding hydrogens is 264 g/mol. The second-order valence-corrected chi connectivity index (χ2v) is 4.33. The van der Waals surface area contributed by atoms with Gasteiger partial charge in [-0.2, -0.15) is 0 Å². The lowest BCUT2D eigenvalue weighted by Gasteiger charge is -2.11. The van der Waals surface area contributed by atoms with Crippen LogP contribution >= 0.6 is 0 Å². The van der Waals surface area contributed by atoms with Crippen molar-refractivity contribution in [1.82, 2.24) is 4.98 Å². The van der Waals surface area contributed by atoms with E-state index in [1.54, 1.807) is 6.07 Å². The quantitative estimate of drug-likeness (QED) is 0.913. The molecule has 0 saturated heterocycles. The molecule has 20 heavy (non-hydrogen) atoms. The Labute approximate surface area is 115 Å². The number of aliphatic hydroxyl groups is 1. The van der Waals surface area contributed by atoms with Crippen molar-refractivity contribution in [3.8, 4) is 17.0 Å². The lowest BCUT2D eigenvalue weighted by molar-refractivity contribution is 0.279. The molecule has 0 radical (unpaired) electrons. The zero-order chi connectivity index (χ0) is 14.5. The highest BCUT2D eigenvalue weighted by Crippen LogP contribution is 2.30. The van der Waals surface area contributed by atoms with Gasteiger partial charge >= 0.3 is 0 Å². The third-order valence-corrected chi connectivity index (χ3v) is 2.76. The van der Waals surface area contributed by atoms with E-state index in [0.29, 0.717) is 29.2 Å². The molecule has 0 fully saturated rings. The van der Waals surface area contributed by atoms with Crippen molar-refractivity contribution in [2.75, 3.05) is 6.61 Å². The number of aromatic nitrogens is 1. The first-order valence-electron chi connectivity index (χ1n) is 6.33. The summed E-state index contributed by atoms with van der Waals surface area (Å²) in [4.78, 5) is 4.12. The van der Waals surface area contributed by atoms with Gasteiger partial charge in [-0.1, -0.05) is 13.0 Å². The first-order valence-corrected chi connectivity index (χ1v) is 6.33. The van der Waals surface area contributed by atoms with E-state index >= 15 is 0 Å². The van der Waals surface area contributed by atoms with Crippen molar-refractivity contribution in [3.63, 3.8) is 0 Å².